The van der Waals surface area contributed by atoms with Crippen molar-refractivity contribution < 1.29 is 0 Å². The van der Waals surface area contributed by atoms with Crippen molar-refractivity contribution >= 4 is 0 Å². The van der Waals surface area contributed by atoms with Crippen LogP contribution in [0, 0.1) is 17.8 Å². The van der Waals surface area contributed by atoms with Gasteiger partial charge in [0.1, 0.15) is 0 Å². The number of piperidine rings is 1. The molecule has 2 rings (SSSR count). The Morgan fingerprint density at radius 3 is 1.80 bits per heavy atom. The van der Waals surface area contributed by atoms with Crippen LogP contribution >= 0.6 is 0 Å². The predicted molar refractivity (Wildman–Crippen MR) is 65.9 cm³/mol. The molecule has 1 heteroatoms. The first kappa shape index (κ1) is 11.4. The summed E-state index contributed by atoms with van der Waals surface area (Å²) in [4.78, 5) is 2.80. The molecular formula is C14H27N. The average molecular weight is 209 g/mol. The first-order valence-corrected chi connectivity index (χ1v) is 6.89. The van der Waals surface area contributed by atoms with Gasteiger partial charge in [-0.2, -0.15) is 0 Å². The maximum Gasteiger partial charge on any atom is 0.00956 e. The number of hydrogen-bond acceptors (Lipinski definition) is 1. The zero-order chi connectivity index (χ0) is 10.8. The fraction of sp³-hybridized carbons (Fsp3) is 1.00. The minimum absolute atomic E-state index is 0.923. The first-order chi connectivity index (χ1) is 7.15. The summed E-state index contributed by atoms with van der Waals surface area (Å²) in [6.07, 6.45) is 7.29. The molecule has 15 heavy (non-hydrogen) atoms. The van der Waals surface area contributed by atoms with E-state index in [1.54, 1.807) is 0 Å². The van der Waals surface area contributed by atoms with Gasteiger partial charge in [0, 0.05) is 19.1 Å². The Hall–Kier alpha value is -0.0400. The molecule has 0 unspecified atom stereocenters. The Morgan fingerprint density at radius 2 is 1.27 bits per heavy atom. The Bertz CT molecular complexity index is 184. The van der Waals surface area contributed by atoms with E-state index >= 15 is 0 Å². The van der Waals surface area contributed by atoms with Crippen LogP contribution in [0.5, 0.6) is 0 Å². The molecule has 0 N–H and O–H groups in total. The summed E-state index contributed by atoms with van der Waals surface area (Å²) in [7, 11) is 0. The lowest BCUT2D eigenvalue weighted by Gasteiger charge is -2.42. The number of likely N-dealkylation sites (tertiary alicyclic amines) is 1. The van der Waals surface area contributed by atoms with E-state index in [0.717, 1.165) is 23.8 Å². The lowest BCUT2D eigenvalue weighted by molar-refractivity contribution is 0.0683. The summed E-state index contributed by atoms with van der Waals surface area (Å²) in [5, 5.41) is 0. The fourth-order valence-corrected chi connectivity index (χ4v) is 3.62. The van der Waals surface area contributed by atoms with E-state index in [-0.39, 0.29) is 0 Å². The number of hydrogen-bond donors (Lipinski definition) is 0. The van der Waals surface area contributed by atoms with Gasteiger partial charge in [-0.25, -0.2) is 0 Å². The molecule has 1 saturated carbocycles. The van der Waals surface area contributed by atoms with E-state index in [1.807, 2.05) is 0 Å². The van der Waals surface area contributed by atoms with E-state index in [2.05, 4.69) is 25.7 Å². The number of rotatable bonds is 1. The molecule has 0 bridgehead atoms. The van der Waals surface area contributed by atoms with Crippen LogP contribution in [-0.4, -0.2) is 24.0 Å². The fourth-order valence-electron chi connectivity index (χ4n) is 3.62. The van der Waals surface area contributed by atoms with Crippen LogP contribution in [0.25, 0.3) is 0 Å². The van der Waals surface area contributed by atoms with Gasteiger partial charge >= 0.3 is 0 Å². The van der Waals surface area contributed by atoms with Gasteiger partial charge in [0.2, 0.25) is 0 Å². The van der Waals surface area contributed by atoms with Gasteiger partial charge in [-0.1, -0.05) is 20.8 Å². The Morgan fingerprint density at radius 1 is 0.733 bits per heavy atom. The molecule has 0 amide bonds. The van der Waals surface area contributed by atoms with Crippen molar-refractivity contribution in [1.82, 2.24) is 4.90 Å². The summed E-state index contributed by atoms with van der Waals surface area (Å²) in [5.74, 6) is 2.84. The van der Waals surface area contributed by atoms with E-state index in [1.165, 1.54) is 45.2 Å². The van der Waals surface area contributed by atoms with Crippen LogP contribution in [0.3, 0.4) is 0 Å². The van der Waals surface area contributed by atoms with Gasteiger partial charge in [-0.05, 0) is 49.9 Å². The Balaban J connectivity index is 1.87. The van der Waals surface area contributed by atoms with Crippen LogP contribution in [0.2, 0.25) is 0 Å². The van der Waals surface area contributed by atoms with Gasteiger partial charge in [0.05, 0.1) is 0 Å². The van der Waals surface area contributed by atoms with Crippen LogP contribution in [0.4, 0.5) is 0 Å². The number of nitrogens with zero attached hydrogens (tertiary/aromatic N) is 1. The molecule has 0 aromatic rings. The summed E-state index contributed by atoms with van der Waals surface area (Å²) >= 11 is 0. The molecule has 88 valence electrons. The molecule has 1 nitrogen and oxygen atoms in total. The Labute approximate surface area is 95.2 Å². The van der Waals surface area contributed by atoms with Crippen molar-refractivity contribution in [1.29, 1.82) is 0 Å². The first-order valence-electron chi connectivity index (χ1n) is 6.89. The van der Waals surface area contributed by atoms with E-state index in [4.69, 9.17) is 0 Å². The van der Waals surface area contributed by atoms with Gasteiger partial charge in [-0.15, -0.1) is 0 Å². The molecule has 0 spiro atoms. The van der Waals surface area contributed by atoms with E-state index < -0.39 is 0 Å². The normalized spacial score (nSPS) is 44.2. The second kappa shape index (κ2) is 4.86. The molecule has 1 saturated heterocycles. The average Bonchev–Trinajstić information content (AvgIpc) is 2.17. The van der Waals surface area contributed by atoms with Gasteiger partial charge < -0.3 is 0 Å². The highest BCUT2D eigenvalue weighted by atomic mass is 15.2. The van der Waals surface area contributed by atoms with Crippen molar-refractivity contribution in [3.8, 4) is 0 Å². The highest BCUT2D eigenvalue weighted by Gasteiger charge is 2.29. The summed E-state index contributed by atoms with van der Waals surface area (Å²) in [6.45, 7) is 9.99. The highest BCUT2D eigenvalue weighted by Crippen LogP contribution is 2.31. The van der Waals surface area contributed by atoms with Gasteiger partial charge in [-0.3, -0.25) is 4.90 Å². The lowest BCUT2D eigenvalue weighted by Crippen LogP contribution is -2.46. The van der Waals surface area contributed by atoms with E-state index in [0.29, 0.717) is 0 Å². The van der Waals surface area contributed by atoms with Crippen LogP contribution in [0.1, 0.15) is 52.9 Å². The smallest absolute Gasteiger partial charge is 0.00956 e. The van der Waals surface area contributed by atoms with Crippen molar-refractivity contribution in [2.24, 2.45) is 17.8 Å². The molecule has 2 atom stereocenters. The molecule has 1 aliphatic carbocycles. The van der Waals surface area contributed by atoms with Crippen molar-refractivity contribution in [2.75, 3.05) is 13.1 Å². The summed E-state index contributed by atoms with van der Waals surface area (Å²) in [6, 6.07) is 0.923. The lowest BCUT2D eigenvalue weighted by atomic mass is 9.84. The van der Waals surface area contributed by atoms with Crippen LogP contribution in [-0.2, 0) is 0 Å². The third-order valence-corrected chi connectivity index (χ3v) is 4.40. The molecule has 0 aromatic heterocycles. The SMILES string of the molecule is C[C@@H]1C[C@H](C)CN([C@H]2CC[C@H](C)CC2)C1. The second-order valence-corrected chi connectivity index (χ2v) is 6.31. The Kier molecular flexibility index (Phi) is 3.71. The maximum atomic E-state index is 2.80. The maximum absolute atomic E-state index is 2.80. The third-order valence-electron chi connectivity index (χ3n) is 4.40. The molecular weight excluding hydrogens is 182 g/mol. The molecule has 2 aliphatic rings. The zero-order valence-electron chi connectivity index (χ0n) is 10.7. The monoisotopic (exact) mass is 209 g/mol. The largest absolute Gasteiger partial charge is 0.300 e. The topological polar surface area (TPSA) is 3.24 Å². The molecule has 1 aliphatic heterocycles. The van der Waals surface area contributed by atoms with Crippen molar-refractivity contribution in [3.63, 3.8) is 0 Å². The summed E-state index contributed by atoms with van der Waals surface area (Å²) < 4.78 is 0. The second-order valence-electron chi connectivity index (χ2n) is 6.31. The predicted octanol–water partition coefficient (Wildman–Crippen LogP) is 3.54. The van der Waals surface area contributed by atoms with E-state index in [9.17, 15) is 0 Å². The van der Waals surface area contributed by atoms with Gasteiger partial charge in [0.25, 0.3) is 0 Å². The van der Waals surface area contributed by atoms with Gasteiger partial charge in [0.15, 0.2) is 0 Å². The standard InChI is InChI=1S/C14H27N/c1-11-4-6-14(7-5-11)15-9-12(2)8-13(3)10-15/h11-14H,4-10H2,1-3H3/t11-,12-,13+,14-. The zero-order valence-corrected chi connectivity index (χ0v) is 10.7. The minimum Gasteiger partial charge on any atom is -0.300 e. The molecule has 0 aromatic carbocycles. The molecule has 0 radical (unpaired) electrons. The van der Waals surface area contributed by atoms with Crippen LogP contribution < -0.4 is 0 Å². The molecule has 2 fully saturated rings. The third kappa shape index (κ3) is 2.96. The highest BCUT2D eigenvalue weighted by molar-refractivity contribution is 4.83. The quantitative estimate of drug-likeness (QED) is 0.638. The van der Waals surface area contributed by atoms with Crippen molar-refractivity contribution in [3.05, 3.63) is 0 Å². The summed E-state index contributed by atoms with van der Waals surface area (Å²) in [5.41, 5.74) is 0. The van der Waals surface area contributed by atoms with Crippen LogP contribution in [0.15, 0.2) is 0 Å². The molecule has 1 heterocycles. The van der Waals surface area contributed by atoms with Crippen molar-refractivity contribution in [2.45, 2.75) is 58.9 Å². The minimum atomic E-state index is 0.923.